The van der Waals surface area contributed by atoms with Crippen LogP contribution in [-0.4, -0.2) is 19.2 Å². The molecule has 0 spiro atoms. The molecule has 3 heteroatoms. The molecule has 0 saturated heterocycles. The molecule has 0 aliphatic carbocycles. The first-order chi connectivity index (χ1) is 8.88. The maximum atomic E-state index is 5.81. The van der Waals surface area contributed by atoms with Gasteiger partial charge in [0, 0.05) is 6.04 Å². The first-order valence-electron chi connectivity index (χ1n) is 6.30. The molecular weight excluding hydrogens is 242 g/mol. The van der Waals surface area contributed by atoms with Crippen LogP contribution in [0.25, 0.3) is 0 Å². The lowest BCUT2D eigenvalue weighted by molar-refractivity contribution is 0.265. The van der Waals surface area contributed by atoms with Gasteiger partial charge in [-0.3, -0.25) is 0 Å². The molecule has 2 aromatic rings. The lowest BCUT2D eigenvalue weighted by Gasteiger charge is -2.18. The number of hydrogen-bond acceptors (Lipinski definition) is 3. The summed E-state index contributed by atoms with van der Waals surface area (Å²) in [5.41, 5.74) is 1.38. The predicted molar refractivity (Wildman–Crippen MR) is 77.4 cm³/mol. The van der Waals surface area contributed by atoms with Crippen molar-refractivity contribution in [2.45, 2.75) is 19.4 Å². The monoisotopic (exact) mass is 261 g/mol. The standard InChI is InChI=1S/C15H19NOS/c1-2-16-14(10-13-8-9-18-12-13)11-17-15-6-4-3-5-7-15/h3-9,12,14,16H,2,10-11H2,1H3. The van der Waals surface area contributed by atoms with Crippen molar-refractivity contribution in [1.29, 1.82) is 0 Å². The van der Waals surface area contributed by atoms with Crippen LogP contribution in [-0.2, 0) is 6.42 Å². The van der Waals surface area contributed by atoms with E-state index in [0.29, 0.717) is 12.6 Å². The van der Waals surface area contributed by atoms with Gasteiger partial charge < -0.3 is 10.1 Å². The van der Waals surface area contributed by atoms with Crippen LogP contribution < -0.4 is 10.1 Å². The third kappa shape index (κ3) is 4.17. The van der Waals surface area contributed by atoms with Crippen molar-refractivity contribution in [3.63, 3.8) is 0 Å². The van der Waals surface area contributed by atoms with Gasteiger partial charge in [-0.05, 0) is 47.5 Å². The Kier molecular flexibility index (Phi) is 5.24. The highest BCUT2D eigenvalue weighted by molar-refractivity contribution is 7.07. The van der Waals surface area contributed by atoms with Crippen LogP contribution in [0.3, 0.4) is 0 Å². The van der Waals surface area contributed by atoms with Crippen LogP contribution in [0.5, 0.6) is 5.75 Å². The molecule has 0 aliphatic rings. The molecule has 0 fully saturated rings. The van der Waals surface area contributed by atoms with Gasteiger partial charge in [-0.25, -0.2) is 0 Å². The van der Waals surface area contributed by atoms with Crippen molar-refractivity contribution in [3.05, 3.63) is 52.7 Å². The molecule has 0 bridgehead atoms. The van der Waals surface area contributed by atoms with Gasteiger partial charge in [0.05, 0.1) is 0 Å². The van der Waals surface area contributed by atoms with Gasteiger partial charge in [-0.15, -0.1) is 0 Å². The molecule has 0 saturated carbocycles. The molecule has 1 atom stereocenters. The highest BCUT2D eigenvalue weighted by atomic mass is 32.1. The molecule has 0 aliphatic heterocycles. The highest BCUT2D eigenvalue weighted by Gasteiger charge is 2.09. The van der Waals surface area contributed by atoms with Crippen molar-refractivity contribution < 1.29 is 4.74 Å². The maximum Gasteiger partial charge on any atom is 0.119 e. The van der Waals surface area contributed by atoms with E-state index in [2.05, 4.69) is 29.1 Å². The van der Waals surface area contributed by atoms with Gasteiger partial charge in [-0.1, -0.05) is 25.1 Å². The molecule has 2 nitrogen and oxygen atoms in total. The van der Waals surface area contributed by atoms with E-state index in [4.69, 9.17) is 4.74 Å². The minimum Gasteiger partial charge on any atom is -0.492 e. The average molecular weight is 261 g/mol. The number of likely N-dealkylation sites (N-methyl/N-ethyl adjacent to an activating group) is 1. The van der Waals surface area contributed by atoms with E-state index in [1.165, 1.54) is 5.56 Å². The van der Waals surface area contributed by atoms with E-state index in [0.717, 1.165) is 18.7 Å². The Labute approximate surface area is 113 Å². The Morgan fingerprint density at radius 1 is 1.22 bits per heavy atom. The Bertz CT molecular complexity index is 427. The minimum atomic E-state index is 0.366. The van der Waals surface area contributed by atoms with E-state index in [-0.39, 0.29) is 0 Å². The predicted octanol–water partition coefficient (Wildman–Crippen LogP) is 3.35. The van der Waals surface area contributed by atoms with E-state index < -0.39 is 0 Å². The molecule has 18 heavy (non-hydrogen) atoms. The number of thiophene rings is 1. The van der Waals surface area contributed by atoms with Crippen LogP contribution in [0.4, 0.5) is 0 Å². The third-order valence-electron chi connectivity index (χ3n) is 2.75. The van der Waals surface area contributed by atoms with E-state index in [1.807, 2.05) is 30.3 Å². The zero-order valence-corrected chi connectivity index (χ0v) is 11.5. The number of rotatable bonds is 7. The molecular formula is C15H19NOS. The molecule has 0 amide bonds. The number of nitrogens with one attached hydrogen (secondary N) is 1. The van der Waals surface area contributed by atoms with Crippen molar-refractivity contribution in [2.75, 3.05) is 13.2 Å². The first kappa shape index (κ1) is 13.1. The lowest BCUT2D eigenvalue weighted by Crippen LogP contribution is -2.36. The fraction of sp³-hybridized carbons (Fsp3) is 0.333. The summed E-state index contributed by atoms with van der Waals surface area (Å²) < 4.78 is 5.81. The first-order valence-corrected chi connectivity index (χ1v) is 7.25. The molecule has 1 N–H and O–H groups in total. The molecule has 1 heterocycles. The van der Waals surface area contributed by atoms with Gasteiger partial charge in [0.1, 0.15) is 12.4 Å². The average Bonchev–Trinajstić information content (AvgIpc) is 2.90. The van der Waals surface area contributed by atoms with Crippen molar-refractivity contribution in [2.24, 2.45) is 0 Å². The molecule has 96 valence electrons. The van der Waals surface area contributed by atoms with Crippen LogP contribution in [0.2, 0.25) is 0 Å². The topological polar surface area (TPSA) is 21.3 Å². The second-order valence-electron chi connectivity index (χ2n) is 4.21. The molecule has 0 radical (unpaired) electrons. The summed E-state index contributed by atoms with van der Waals surface area (Å²) in [6.45, 7) is 3.80. The van der Waals surface area contributed by atoms with E-state index in [1.54, 1.807) is 11.3 Å². The zero-order chi connectivity index (χ0) is 12.6. The van der Waals surface area contributed by atoms with Crippen molar-refractivity contribution in [3.8, 4) is 5.75 Å². The van der Waals surface area contributed by atoms with E-state index >= 15 is 0 Å². The lowest BCUT2D eigenvalue weighted by atomic mass is 10.1. The summed E-state index contributed by atoms with van der Waals surface area (Å²) in [5, 5.41) is 7.79. The Hall–Kier alpha value is -1.32. The fourth-order valence-electron chi connectivity index (χ4n) is 1.89. The largest absolute Gasteiger partial charge is 0.492 e. The van der Waals surface area contributed by atoms with E-state index in [9.17, 15) is 0 Å². The van der Waals surface area contributed by atoms with Gasteiger partial charge in [0.15, 0.2) is 0 Å². The fourth-order valence-corrected chi connectivity index (χ4v) is 2.57. The minimum absolute atomic E-state index is 0.366. The molecule has 2 rings (SSSR count). The SMILES string of the molecule is CCNC(COc1ccccc1)Cc1ccsc1. The summed E-state index contributed by atoms with van der Waals surface area (Å²) in [5.74, 6) is 0.936. The number of para-hydroxylation sites is 1. The summed E-state index contributed by atoms with van der Waals surface area (Å²) in [6, 6.07) is 12.5. The van der Waals surface area contributed by atoms with Gasteiger partial charge in [0.2, 0.25) is 0 Å². The second-order valence-corrected chi connectivity index (χ2v) is 4.99. The van der Waals surface area contributed by atoms with Crippen LogP contribution in [0.15, 0.2) is 47.2 Å². The highest BCUT2D eigenvalue weighted by Crippen LogP contribution is 2.12. The summed E-state index contributed by atoms with van der Waals surface area (Å²) >= 11 is 1.75. The van der Waals surface area contributed by atoms with Crippen LogP contribution in [0.1, 0.15) is 12.5 Å². The summed E-state index contributed by atoms with van der Waals surface area (Å²) in [6.07, 6.45) is 1.02. The third-order valence-corrected chi connectivity index (χ3v) is 3.48. The number of benzene rings is 1. The van der Waals surface area contributed by atoms with Crippen LogP contribution >= 0.6 is 11.3 Å². The quantitative estimate of drug-likeness (QED) is 0.825. The second kappa shape index (κ2) is 7.19. The van der Waals surface area contributed by atoms with Crippen LogP contribution in [0, 0.1) is 0 Å². The van der Waals surface area contributed by atoms with Gasteiger partial charge in [0.25, 0.3) is 0 Å². The van der Waals surface area contributed by atoms with Gasteiger partial charge >= 0.3 is 0 Å². The Morgan fingerprint density at radius 2 is 2.06 bits per heavy atom. The molecule has 1 unspecified atom stereocenters. The van der Waals surface area contributed by atoms with Crippen molar-refractivity contribution in [1.82, 2.24) is 5.32 Å². The van der Waals surface area contributed by atoms with Gasteiger partial charge in [-0.2, -0.15) is 11.3 Å². The summed E-state index contributed by atoms with van der Waals surface area (Å²) in [4.78, 5) is 0. The maximum absolute atomic E-state index is 5.81. The van der Waals surface area contributed by atoms with Crippen molar-refractivity contribution >= 4 is 11.3 Å². The molecule has 1 aromatic heterocycles. The smallest absolute Gasteiger partial charge is 0.119 e. The normalized spacial score (nSPS) is 12.3. The number of hydrogen-bond donors (Lipinski definition) is 1. The Balaban J connectivity index is 1.86. The zero-order valence-electron chi connectivity index (χ0n) is 10.6. The summed E-state index contributed by atoms with van der Waals surface area (Å²) in [7, 11) is 0. The number of ether oxygens (including phenoxy) is 1. The molecule has 1 aromatic carbocycles. The Morgan fingerprint density at radius 3 is 2.72 bits per heavy atom.